The fourth-order valence-corrected chi connectivity index (χ4v) is 31.0. The van der Waals surface area contributed by atoms with Crippen molar-refractivity contribution in [1.82, 2.24) is 0 Å². The molecule has 4 aliphatic carbocycles. The molecule has 4 aliphatic heterocycles. The highest BCUT2D eigenvalue weighted by Gasteiger charge is 2.59. The van der Waals surface area contributed by atoms with Crippen LogP contribution in [0.2, 0.25) is 76.6 Å². The van der Waals surface area contributed by atoms with Gasteiger partial charge in [-0.15, -0.1) is 0 Å². The molecule has 4 heterocycles. The Kier molecular flexibility index (Phi) is 12.0. The summed E-state index contributed by atoms with van der Waals surface area (Å²) in [7, 11) is -12.5. The van der Waals surface area contributed by atoms with Crippen LogP contribution in [0.15, 0.2) is 0 Å². The van der Waals surface area contributed by atoms with Crippen molar-refractivity contribution >= 4 is 42.3 Å². The Hall–Kier alpha value is 0.764. The molecule has 0 aromatic heterocycles. The molecule has 0 N–H and O–H groups in total. The normalized spacial score (nSPS) is 40.3. The molecule has 8 fully saturated rings. The zero-order valence-electron chi connectivity index (χ0n) is 34.8. The summed E-state index contributed by atoms with van der Waals surface area (Å²) in [5.74, 6) is 2.99. The van der Waals surface area contributed by atoms with E-state index < -0.39 is 42.3 Å². The van der Waals surface area contributed by atoms with Gasteiger partial charge in [-0.25, -0.2) is 0 Å². The zero-order valence-corrected chi connectivity index (χ0v) is 39.8. The Morgan fingerprint density at radius 1 is 0.340 bits per heavy atom. The number of ether oxygens (including phenoxy) is 4. The molecule has 8 rings (SSSR count). The molecule has 0 aromatic carbocycles. The average molecular weight is 825 g/mol. The van der Waals surface area contributed by atoms with E-state index in [2.05, 4.69) is 52.4 Å². The van der Waals surface area contributed by atoms with Gasteiger partial charge in [0.05, 0.1) is 48.8 Å². The molecule has 0 bridgehead atoms. The summed E-state index contributed by atoms with van der Waals surface area (Å²) < 4.78 is 54.6. The molecular formula is C40H76O8Si5. The summed E-state index contributed by atoms with van der Waals surface area (Å²) >= 11 is 0. The standard InChI is InChI=1S/C40H76O8Si5/c1-49(2,21-17-29-9-13-33-37(25-29)41-33)45-53(46-50(3,4)22-18-30-10-14-34-38(26-30)42-34,47-51(5,6)23-19-31-11-15-35-39(27-31)43-35)48-52(7,8)24-20-32-12-16-36-40(28-32)44-36/h29-40H,9-28H2,1-8H3. The van der Waals surface area contributed by atoms with Crippen LogP contribution in [0, 0.1) is 23.7 Å². The van der Waals surface area contributed by atoms with E-state index in [9.17, 15) is 0 Å². The SMILES string of the molecule is C[Si](C)(CCC1CCC2OC2C1)O[Si](O[Si](C)(C)CCC1CCC2OC2C1)(O[Si](C)(C)CCC1CCC2OC2C1)O[Si](C)(C)CCC1CCC2OC2C1. The summed E-state index contributed by atoms with van der Waals surface area (Å²) in [6.45, 7) is 19.5. The Bertz CT molecular complexity index is 1080. The summed E-state index contributed by atoms with van der Waals surface area (Å²) in [4.78, 5) is 0. The molecule has 12 atom stereocenters. The Morgan fingerprint density at radius 3 is 0.774 bits per heavy atom. The van der Waals surface area contributed by atoms with Crippen LogP contribution < -0.4 is 0 Å². The van der Waals surface area contributed by atoms with E-state index in [1.54, 1.807) is 0 Å². The maximum Gasteiger partial charge on any atom is 0.636 e. The summed E-state index contributed by atoms with van der Waals surface area (Å²) in [5, 5.41) is 0. The first-order valence-corrected chi connectivity index (χ1v) is 36.5. The first kappa shape index (κ1) is 40.5. The third kappa shape index (κ3) is 11.5. The molecule has 0 aromatic rings. The molecule has 8 aliphatic rings. The first-order chi connectivity index (χ1) is 25.0. The fraction of sp³-hybridized carbons (Fsp3) is 1.00. The van der Waals surface area contributed by atoms with Gasteiger partial charge in [0.15, 0.2) is 33.3 Å². The van der Waals surface area contributed by atoms with Crippen molar-refractivity contribution in [2.45, 2.75) is 228 Å². The van der Waals surface area contributed by atoms with E-state index in [1.165, 1.54) is 103 Å². The van der Waals surface area contributed by atoms with E-state index in [0.717, 1.165) is 47.8 Å². The molecule has 0 radical (unpaired) electrons. The maximum absolute atomic E-state index is 7.73. The van der Waals surface area contributed by atoms with Gasteiger partial charge in [0.2, 0.25) is 0 Å². The lowest BCUT2D eigenvalue weighted by atomic mass is 9.88. The van der Waals surface area contributed by atoms with Gasteiger partial charge in [0.1, 0.15) is 0 Å². The molecule has 8 nitrogen and oxygen atoms in total. The molecular weight excluding hydrogens is 749 g/mol. The average Bonchev–Trinajstić information content (AvgIpc) is 3.89. The van der Waals surface area contributed by atoms with Crippen molar-refractivity contribution in [1.29, 1.82) is 0 Å². The van der Waals surface area contributed by atoms with Crippen molar-refractivity contribution in [2.24, 2.45) is 23.7 Å². The van der Waals surface area contributed by atoms with E-state index in [-0.39, 0.29) is 0 Å². The van der Waals surface area contributed by atoms with Crippen molar-refractivity contribution in [3.8, 4) is 0 Å². The molecule has 13 heteroatoms. The van der Waals surface area contributed by atoms with Gasteiger partial charge in [-0.05, 0) is 177 Å². The van der Waals surface area contributed by atoms with Crippen molar-refractivity contribution in [2.75, 3.05) is 0 Å². The second-order valence-electron chi connectivity index (χ2n) is 21.7. The molecule has 304 valence electrons. The van der Waals surface area contributed by atoms with Gasteiger partial charge in [0, 0.05) is 0 Å². The zero-order chi connectivity index (χ0) is 37.2. The van der Waals surface area contributed by atoms with Crippen LogP contribution in [0.1, 0.15) is 103 Å². The second kappa shape index (κ2) is 15.7. The Labute approximate surface area is 328 Å². The topological polar surface area (TPSA) is 87.0 Å². The van der Waals surface area contributed by atoms with Gasteiger partial charge < -0.3 is 35.4 Å². The van der Waals surface area contributed by atoms with Gasteiger partial charge >= 0.3 is 9.05 Å². The minimum Gasteiger partial charge on any atom is -0.396 e. The number of rotatable bonds is 20. The molecule has 12 unspecified atom stereocenters. The Balaban J connectivity index is 1.00. The molecule has 53 heavy (non-hydrogen) atoms. The lowest BCUT2D eigenvalue weighted by molar-refractivity contribution is 0.143. The summed E-state index contributed by atoms with van der Waals surface area (Å²) in [5.41, 5.74) is 0. The van der Waals surface area contributed by atoms with Gasteiger partial charge in [-0.2, -0.15) is 0 Å². The highest BCUT2D eigenvalue weighted by atomic mass is 28.5. The van der Waals surface area contributed by atoms with Crippen LogP contribution >= 0.6 is 0 Å². The number of hydrogen-bond acceptors (Lipinski definition) is 8. The second-order valence-corrected chi connectivity index (χ2v) is 42.0. The van der Waals surface area contributed by atoms with Crippen molar-refractivity contribution < 1.29 is 35.4 Å². The molecule has 0 amide bonds. The van der Waals surface area contributed by atoms with E-state index in [4.69, 9.17) is 35.4 Å². The van der Waals surface area contributed by atoms with Crippen LogP contribution in [0.3, 0.4) is 0 Å². The maximum atomic E-state index is 7.73. The predicted octanol–water partition coefficient (Wildman–Crippen LogP) is 10.1. The molecule has 0 spiro atoms. The number of fused-ring (bicyclic) bond motifs is 4. The Morgan fingerprint density at radius 2 is 0.566 bits per heavy atom. The monoisotopic (exact) mass is 824 g/mol. The van der Waals surface area contributed by atoms with Crippen LogP contribution in [-0.2, 0) is 35.4 Å². The predicted molar refractivity (Wildman–Crippen MR) is 222 cm³/mol. The van der Waals surface area contributed by atoms with E-state index in [0.29, 0.717) is 48.8 Å². The van der Waals surface area contributed by atoms with Gasteiger partial charge in [0.25, 0.3) is 0 Å². The fourth-order valence-electron chi connectivity index (χ4n) is 10.9. The minimum atomic E-state index is -3.56. The number of epoxide rings is 4. The van der Waals surface area contributed by atoms with Crippen LogP contribution in [0.5, 0.6) is 0 Å². The number of hydrogen-bond donors (Lipinski definition) is 0. The minimum absolute atomic E-state index is 0.526. The van der Waals surface area contributed by atoms with E-state index in [1.807, 2.05) is 0 Å². The first-order valence-electron chi connectivity index (χ1n) is 22.4. The third-order valence-electron chi connectivity index (χ3n) is 14.7. The van der Waals surface area contributed by atoms with E-state index >= 15 is 0 Å². The lowest BCUT2D eigenvalue weighted by Gasteiger charge is -2.46. The molecule has 4 saturated heterocycles. The summed E-state index contributed by atoms with van der Waals surface area (Å²) in [6, 6.07) is 4.52. The van der Waals surface area contributed by atoms with Crippen LogP contribution in [-0.4, -0.2) is 91.1 Å². The van der Waals surface area contributed by atoms with Crippen LogP contribution in [0.25, 0.3) is 0 Å². The highest BCUT2D eigenvalue weighted by molar-refractivity contribution is 6.92. The van der Waals surface area contributed by atoms with Crippen molar-refractivity contribution in [3.05, 3.63) is 0 Å². The lowest BCUT2D eigenvalue weighted by Crippen LogP contribution is -2.66. The van der Waals surface area contributed by atoms with Gasteiger partial charge in [-0.3, -0.25) is 0 Å². The summed E-state index contributed by atoms with van der Waals surface area (Å²) in [6.07, 6.45) is 24.3. The third-order valence-corrected chi connectivity index (χ3v) is 33.5. The van der Waals surface area contributed by atoms with Gasteiger partial charge in [-0.1, -0.05) is 25.7 Å². The smallest absolute Gasteiger partial charge is 0.396 e. The molecule has 4 saturated carbocycles. The van der Waals surface area contributed by atoms with Crippen molar-refractivity contribution in [3.63, 3.8) is 0 Å². The quantitative estimate of drug-likeness (QED) is 0.0886. The largest absolute Gasteiger partial charge is 0.636 e. The van der Waals surface area contributed by atoms with Crippen LogP contribution in [0.4, 0.5) is 0 Å². The highest BCUT2D eigenvalue weighted by Crippen LogP contribution is 2.46.